The van der Waals surface area contributed by atoms with Crippen LogP contribution in [0.4, 0.5) is 26.3 Å². The maximum atomic E-state index is 13.0. The van der Waals surface area contributed by atoms with Crippen molar-refractivity contribution in [2.75, 3.05) is 7.11 Å². The molecule has 0 atom stereocenters. The van der Waals surface area contributed by atoms with Gasteiger partial charge in [0.1, 0.15) is 5.75 Å². The molecule has 2 rings (SSSR count). The predicted molar refractivity (Wildman–Crippen MR) is 75.4 cm³/mol. The highest BCUT2D eigenvalue weighted by atomic mass is 19.4. The number of benzene rings is 2. The van der Waals surface area contributed by atoms with E-state index in [1.165, 1.54) is 0 Å². The fourth-order valence-electron chi connectivity index (χ4n) is 2.18. The number of hydrogen-bond acceptors (Lipinski definition) is 2. The molecule has 0 radical (unpaired) electrons. The van der Waals surface area contributed by atoms with Crippen LogP contribution in [0.5, 0.6) is 5.75 Å². The summed E-state index contributed by atoms with van der Waals surface area (Å²) in [6, 6.07) is 4.12. The number of methoxy groups -OCH3 is 1. The Morgan fingerprint density at radius 1 is 0.920 bits per heavy atom. The standard InChI is InChI=1S/C16H10F6O3/c1-25-13-3-2-10(15(17,18)19)7-12(13)8-4-9(14(23)24)6-11(5-8)16(20,21)22/h2-7H,1H3,(H,23,24). The number of halogens is 6. The monoisotopic (exact) mass is 364 g/mol. The van der Waals surface area contributed by atoms with Crippen LogP contribution in [0.2, 0.25) is 0 Å². The highest BCUT2D eigenvalue weighted by molar-refractivity contribution is 5.90. The van der Waals surface area contributed by atoms with E-state index in [4.69, 9.17) is 9.84 Å². The van der Waals surface area contributed by atoms with Gasteiger partial charge in [0.2, 0.25) is 0 Å². The van der Waals surface area contributed by atoms with E-state index in [1.54, 1.807) is 0 Å². The Hall–Kier alpha value is -2.71. The fourth-order valence-corrected chi connectivity index (χ4v) is 2.18. The van der Waals surface area contributed by atoms with Crippen LogP contribution in [0, 0.1) is 0 Å². The first kappa shape index (κ1) is 18.6. The minimum Gasteiger partial charge on any atom is -0.496 e. The number of ether oxygens (including phenoxy) is 1. The van der Waals surface area contributed by atoms with Gasteiger partial charge in [0.15, 0.2) is 0 Å². The number of carbonyl (C=O) groups is 1. The molecular weight excluding hydrogens is 354 g/mol. The molecule has 3 nitrogen and oxygen atoms in total. The molecule has 0 aliphatic heterocycles. The summed E-state index contributed by atoms with van der Waals surface area (Å²) in [7, 11) is 1.14. The third kappa shape index (κ3) is 4.04. The van der Waals surface area contributed by atoms with Gasteiger partial charge < -0.3 is 9.84 Å². The summed E-state index contributed by atoms with van der Waals surface area (Å²) in [5, 5.41) is 8.98. The number of rotatable bonds is 3. The van der Waals surface area contributed by atoms with Crippen molar-refractivity contribution in [3.05, 3.63) is 53.1 Å². The van der Waals surface area contributed by atoms with Gasteiger partial charge in [-0.1, -0.05) is 0 Å². The molecule has 9 heteroatoms. The Bertz CT molecular complexity index is 808. The molecule has 0 heterocycles. The quantitative estimate of drug-likeness (QED) is 0.771. The second kappa shape index (κ2) is 6.30. The van der Waals surface area contributed by atoms with Gasteiger partial charge in [-0.25, -0.2) is 4.79 Å². The van der Waals surface area contributed by atoms with Gasteiger partial charge in [-0.05, 0) is 42.0 Å². The number of aromatic carboxylic acids is 1. The van der Waals surface area contributed by atoms with E-state index in [0.29, 0.717) is 24.3 Å². The van der Waals surface area contributed by atoms with Crippen LogP contribution in [0.1, 0.15) is 21.5 Å². The van der Waals surface area contributed by atoms with Crippen LogP contribution in [-0.4, -0.2) is 18.2 Å². The predicted octanol–water partition coefficient (Wildman–Crippen LogP) is 5.10. The lowest BCUT2D eigenvalue weighted by molar-refractivity contribution is -0.138. The Morgan fingerprint density at radius 2 is 1.52 bits per heavy atom. The van der Waals surface area contributed by atoms with Gasteiger partial charge in [0.25, 0.3) is 0 Å². The minimum absolute atomic E-state index is 0.122. The molecule has 0 saturated heterocycles. The van der Waals surface area contributed by atoms with E-state index in [0.717, 1.165) is 19.2 Å². The lowest BCUT2D eigenvalue weighted by Gasteiger charge is -2.15. The maximum Gasteiger partial charge on any atom is 0.416 e. The van der Waals surface area contributed by atoms with Crippen LogP contribution < -0.4 is 4.74 Å². The van der Waals surface area contributed by atoms with Crippen molar-refractivity contribution in [2.45, 2.75) is 12.4 Å². The number of hydrogen-bond donors (Lipinski definition) is 1. The highest BCUT2D eigenvalue weighted by Crippen LogP contribution is 2.39. The Kier molecular flexibility index (Phi) is 4.70. The molecule has 1 N–H and O–H groups in total. The first-order valence-electron chi connectivity index (χ1n) is 6.64. The van der Waals surface area contributed by atoms with Gasteiger partial charge in [-0.15, -0.1) is 0 Å². The normalized spacial score (nSPS) is 12.1. The van der Waals surface area contributed by atoms with E-state index < -0.39 is 35.0 Å². The molecule has 0 aromatic heterocycles. The number of carboxylic acids is 1. The average Bonchev–Trinajstić information content (AvgIpc) is 2.52. The van der Waals surface area contributed by atoms with Crippen molar-refractivity contribution in [1.29, 1.82) is 0 Å². The largest absolute Gasteiger partial charge is 0.496 e. The second-order valence-corrected chi connectivity index (χ2v) is 5.01. The highest BCUT2D eigenvalue weighted by Gasteiger charge is 2.34. The van der Waals surface area contributed by atoms with Gasteiger partial charge >= 0.3 is 18.3 Å². The lowest BCUT2D eigenvalue weighted by Crippen LogP contribution is -2.09. The molecule has 0 aliphatic carbocycles. The lowest BCUT2D eigenvalue weighted by atomic mass is 9.97. The van der Waals surface area contributed by atoms with E-state index in [-0.39, 0.29) is 16.9 Å². The van der Waals surface area contributed by atoms with Crippen molar-refractivity contribution in [3.8, 4) is 16.9 Å². The molecular formula is C16H10F6O3. The average molecular weight is 364 g/mol. The first-order valence-corrected chi connectivity index (χ1v) is 6.64. The SMILES string of the molecule is COc1ccc(C(F)(F)F)cc1-c1cc(C(=O)O)cc(C(F)(F)F)c1. The van der Waals surface area contributed by atoms with E-state index in [9.17, 15) is 31.1 Å². The van der Waals surface area contributed by atoms with Crippen LogP contribution in [0.3, 0.4) is 0 Å². The van der Waals surface area contributed by atoms with Gasteiger partial charge in [0, 0.05) is 5.56 Å². The van der Waals surface area contributed by atoms with Crippen LogP contribution in [0.25, 0.3) is 11.1 Å². The first-order chi connectivity index (χ1) is 11.4. The van der Waals surface area contributed by atoms with E-state index in [2.05, 4.69) is 0 Å². The Labute approximate surface area is 137 Å². The number of alkyl halides is 6. The van der Waals surface area contributed by atoms with Crippen molar-refractivity contribution < 1.29 is 41.0 Å². The molecule has 25 heavy (non-hydrogen) atoms. The molecule has 0 bridgehead atoms. The van der Waals surface area contributed by atoms with Crippen LogP contribution in [0.15, 0.2) is 36.4 Å². The molecule has 0 aliphatic rings. The van der Waals surface area contributed by atoms with Gasteiger partial charge in [-0.3, -0.25) is 0 Å². The fraction of sp³-hybridized carbons (Fsp3) is 0.188. The molecule has 134 valence electrons. The Morgan fingerprint density at radius 3 is 2.00 bits per heavy atom. The van der Waals surface area contributed by atoms with E-state index in [1.807, 2.05) is 0 Å². The molecule has 2 aromatic carbocycles. The topological polar surface area (TPSA) is 46.5 Å². The smallest absolute Gasteiger partial charge is 0.416 e. The Balaban J connectivity index is 2.76. The summed E-state index contributed by atoms with van der Waals surface area (Å²) in [6.45, 7) is 0. The van der Waals surface area contributed by atoms with Crippen molar-refractivity contribution >= 4 is 5.97 Å². The van der Waals surface area contributed by atoms with Crippen molar-refractivity contribution in [2.24, 2.45) is 0 Å². The van der Waals surface area contributed by atoms with Gasteiger partial charge in [0.05, 0.1) is 23.8 Å². The third-order valence-corrected chi connectivity index (χ3v) is 3.35. The molecule has 0 amide bonds. The van der Waals surface area contributed by atoms with E-state index >= 15 is 0 Å². The van der Waals surface area contributed by atoms with Crippen molar-refractivity contribution in [3.63, 3.8) is 0 Å². The molecule has 0 saturated carbocycles. The van der Waals surface area contributed by atoms with Crippen LogP contribution >= 0.6 is 0 Å². The summed E-state index contributed by atoms with van der Waals surface area (Å²) in [5.74, 6) is -1.76. The van der Waals surface area contributed by atoms with Crippen LogP contribution in [-0.2, 0) is 12.4 Å². The molecule has 0 spiro atoms. The zero-order valence-electron chi connectivity index (χ0n) is 12.5. The summed E-state index contributed by atoms with van der Waals surface area (Å²) >= 11 is 0. The summed E-state index contributed by atoms with van der Waals surface area (Å²) < 4.78 is 82.5. The number of carboxylic acid groups (broad SMARTS) is 1. The van der Waals surface area contributed by atoms with Gasteiger partial charge in [-0.2, -0.15) is 26.3 Å². The molecule has 0 fully saturated rings. The zero-order chi connectivity index (χ0) is 19.0. The third-order valence-electron chi connectivity index (χ3n) is 3.35. The summed E-state index contributed by atoms with van der Waals surface area (Å²) in [4.78, 5) is 11.1. The zero-order valence-corrected chi connectivity index (χ0v) is 12.5. The summed E-state index contributed by atoms with van der Waals surface area (Å²) in [6.07, 6.45) is -9.59. The minimum atomic E-state index is -4.87. The second-order valence-electron chi connectivity index (χ2n) is 5.01. The summed E-state index contributed by atoms with van der Waals surface area (Å²) in [5.41, 5.74) is -3.75. The molecule has 2 aromatic rings. The molecule has 0 unspecified atom stereocenters. The maximum absolute atomic E-state index is 13.0. The van der Waals surface area contributed by atoms with Crippen molar-refractivity contribution in [1.82, 2.24) is 0 Å².